The third-order valence-electron chi connectivity index (χ3n) is 1.92. The molecule has 2 N–H and O–H groups in total. The van der Waals surface area contributed by atoms with E-state index in [1.165, 1.54) is 6.92 Å². The molecule has 0 aliphatic heterocycles. The summed E-state index contributed by atoms with van der Waals surface area (Å²) in [6.45, 7) is 1.54. The summed E-state index contributed by atoms with van der Waals surface area (Å²) in [4.78, 5) is 11.1. The van der Waals surface area contributed by atoms with Gasteiger partial charge in [0.15, 0.2) is 5.78 Å². The summed E-state index contributed by atoms with van der Waals surface area (Å²) in [5.41, 5.74) is 0.868. The summed E-state index contributed by atoms with van der Waals surface area (Å²) < 4.78 is 0. The first-order chi connectivity index (χ1) is 6.15. The highest BCUT2D eigenvalue weighted by Gasteiger charge is 2.13. The molecule has 1 rings (SSSR count). The molecule has 70 valence electrons. The van der Waals surface area contributed by atoms with Crippen LogP contribution in [0.25, 0.3) is 0 Å². The Hall–Kier alpha value is -1.35. The minimum Gasteiger partial charge on any atom is -0.508 e. The third-order valence-corrected chi connectivity index (χ3v) is 1.92. The normalized spacial score (nSPS) is 12.5. The van der Waals surface area contributed by atoms with Crippen molar-refractivity contribution in [3.8, 4) is 5.75 Å². The molecule has 0 saturated heterocycles. The Kier molecular flexibility index (Phi) is 3.03. The second-order valence-corrected chi connectivity index (χ2v) is 2.92. The number of benzene rings is 1. The van der Waals surface area contributed by atoms with Crippen LogP contribution in [0.15, 0.2) is 24.3 Å². The van der Waals surface area contributed by atoms with Crippen molar-refractivity contribution >= 4 is 5.78 Å². The number of phenols is 1. The summed E-state index contributed by atoms with van der Waals surface area (Å²) in [5, 5.41) is 12.0. The van der Waals surface area contributed by atoms with E-state index in [4.69, 9.17) is 5.11 Å². The van der Waals surface area contributed by atoms with Gasteiger partial charge in [-0.2, -0.15) is 0 Å². The van der Waals surface area contributed by atoms with Crippen LogP contribution in [-0.4, -0.2) is 17.9 Å². The first kappa shape index (κ1) is 9.74. The van der Waals surface area contributed by atoms with Crippen molar-refractivity contribution in [3.63, 3.8) is 0 Å². The van der Waals surface area contributed by atoms with Gasteiger partial charge in [-0.1, -0.05) is 12.1 Å². The maximum atomic E-state index is 11.1. The highest BCUT2D eigenvalue weighted by atomic mass is 16.3. The van der Waals surface area contributed by atoms with Crippen LogP contribution in [0.3, 0.4) is 0 Å². The number of carbonyl (C=O) groups excluding carboxylic acids is 1. The van der Waals surface area contributed by atoms with Crippen LogP contribution in [0.2, 0.25) is 0 Å². The van der Waals surface area contributed by atoms with E-state index in [0.717, 1.165) is 5.56 Å². The molecule has 1 atom stereocenters. The van der Waals surface area contributed by atoms with Gasteiger partial charge >= 0.3 is 0 Å². The number of aromatic hydroxyl groups is 1. The number of likely N-dealkylation sites (N-methyl/N-ethyl adjacent to an activating group) is 1. The van der Waals surface area contributed by atoms with Gasteiger partial charge in [0.2, 0.25) is 0 Å². The van der Waals surface area contributed by atoms with E-state index in [2.05, 4.69) is 5.32 Å². The van der Waals surface area contributed by atoms with E-state index in [1.807, 2.05) is 0 Å². The molecule has 0 radical (unpaired) electrons. The molecule has 0 aliphatic rings. The molecule has 0 aromatic heterocycles. The van der Waals surface area contributed by atoms with Gasteiger partial charge in [0.1, 0.15) is 5.75 Å². The average Bonchev–Trinajstić information content (AvgIpc) is 2.09. The number of nitrogens with one attached hydrogen (secondary N) is 1. The lowest BCUT2D eigenvalue weighted by Crippen LogP contribution is -2.22. The van der Waals surface area contributed by atoms with Gasteiger partial charge in [0, 0.05) is 0 Å². The number of hydrogen-bond acceptors (Lipinski definition) is 3. The van der Waals surface area contributed by atoms with Crippen molar-refractivity contribution in [1.29, 1.82) is 0 Å². The second kappa shape index (κ2) is 4.05. The minimum atomic E-state index is -0.277. The van der Waals surface area contributed by atoms with Crippen LogP contribution >= 0.6 is 0 Å². The van der Waals surface area contributed by atoms with Gasteiger partial charge in [-0.05, 0) is 31.7 Å². The van der Waals surface area contributed by atoms with Crippen LogP contribution in [0, 0.1) is 0 Å². The molecule has 1 aromatic rings. The first-order valence-electron chi connectivity index (χ1n) is 4.12. The van der Waals surface area contributed by atoms with Crippen LogP contribution in [-0.2, 0) is 4.79 Å². The zero-order valence-electron chi connectivity index (χ0n) is 7.74. The molecule has 0 fully saturated rings. The van der Waals surface area contributed by atoms with Crippen molar-refractivity contribution < 1.29 is 9.90 Å². The van der Waals surface area contributed by atoms with Gasteiger partial charge in [0.05, 0.1) is 6.04 Å². The van der Waals surface area contributed by atoms with E-state index in [0.29, 0.717) is 0 Å². The Morgan fingerprint density at radius 2 is 1.92 bits per heavy atom. The van der Waals surface area contributed by atoms with Gasteiger partial charge in [0.25, 0.3) is 0 Å². The predicted molar refractivity (Wildman–Crippen MR) is 50.6 cm³/mol. The first-order valence-corrected chi connectivity index (χ1v) is 4.12. The van der Waals surface area contributed by atoms with Crippen molar-refractivity contribution in [2.24, 2.45) is 0 Å². The maximum absolute atomic E-state index is 11.1. The fourth-order valence-electron chi connectivity index (χ4n) is 1.27. The third kappa shape index (κ3) is 2.29. The fraction of sp³-hybridized carbons (Fsp3) is 0.300. The van der Waals surface area contributed by atoms with Gasteiger partial charge < -0.3 is 10.4 Å². The summed E-state index contributed by atoms with van der Waals surface area (Å²) in [7, 11) is 1.74. The van der Waals surface area contributed by atoms with Crippen molar-refractivity contribution in [2.75, 3.05) is 7.05 Å². The van der Waals surface area contributed by atoms with Crippen LogP contribution in [0.5, 0.6) is 5.75 Å². The SMILES string of the molecule is CNC(C(C)=O)c1ccc(O)cc1. The van der Waals surface area contributed by atoms with Crippen molar-refractivity contribution in [1.82, 2.24) is 5.32 Å². The van der Waals surface area contributed by atoms with Crippen molar-refractivity contribution in [3.05, 3.63) is 29.8 Å². The van der Waals surface area contributed by atoms with Gasteiger partial charge in [-0.15, -0.1) is 0 Å². The summed E-state index contributed by atoms with van der Waals surface area (Å²) in [5.74, 6) is 0.273. The van der Waals surface area contributed by atoms with E-state index in [-0.39, 0.29) is 17.6 Å². The Balaban J connectivity index is 2.92. The Morgan fingerprint density at radius 3 is 2.31 bits per heavy atom. The molecular formula is C10H13NO2. The zero-order chi connectivity index (χ0) is 9.84. The van der Waals surface area contributed by atoms with E-state index >= 15 is 0 Å². The topological polar surface area (TPSA) is 49.3 Å². The second-order valence-electron chi connectivity index (χ2n) is 2.92. The highest BCUT2D eigenvalue weighted by molar-refractivity contribution is 5.82. The zero-order valence-corrected chi connectivity index (χ0v) is 7.74. The van der Waals surface area contributed by atoms with Crippen LogP contribution in [0.4, 0.5) is 0 Å². The molecule has 0 saturated carbocycles. The summed E-state index contributed by atoms with van der Waals surface area (Å²) >= 11 is 0. The number of phenolic OH excluding ortho intramolecular Hbond substituents is 1. The number of hydrogen-bond donors (Lipinski definition) is 2. The molecule has 13 heavy (non-hydrogen) atoms. The molecule has 0 bridgehead atoms. The lowest BCUT2D eigenvalue weighted by atomic mass is 10.0. The summed E-state index contributed by atoms with van der Waals surface area (Å²) in [6, 6.07) is 6.33. The molecule has 3 nitrogen and oxygen atoms in total. The van der Waals surface area contributed by atoms with E-state index in [9.17, 15) is 4.79 Å². The minimum absolute atomic E-state index is 0.0631. The lowest BCUT2D eigenvalue weighted by Gasteiger charge is -2.12. The van der Waals surface area contributed by atoms with E-state index in [1.54, 1.807) is 31.3 Å². The maximum Gasteiger partial charge on any atom is 0.151 e. The fourth-order valence-corrected chi connectivity index (χ4v) is 1.27. The number of carbonyl (C=O) groups is 1. The molecule has 3 heteroatoms. The summed E-state index contributed by atoms with van der Waals surface area (Å²) in [6.07, 6.45) is 0. The van der Waals surface area contributed by atoms with Crippen molar-refractivity contribution in [2.45, 2.75) is 13.0 Å². The Labute approximate surface area is 77.4 Å². The quantitative estimate of drug-likeness (QED) is 0.734. The van der Waals surface area contributed by atoms with E-state index < -0.39 is 0 Å². The van der Waals surface area contributed by atoms with Gasteiger partial charge in [-0.25, -0.2) is 0 Å². The van der Waals surface area contributed by atoms with Crippen LogP contribution in [0.1, 0.15) is 18.5 Å². The van der Waals surface area contributed by atoms with Gasteiger partial charge in [-0.3, -0.25) is 4.79 Å². The molecule has 1 unspecified atom stereocenters. The molecule has 0 spiro atoms. The number of rotatable bonds is 3. The van der Waals surface area contributed by atoms with Crippen LogP contribution < -0.4 is 5.32 Å². The Morgan fingerprint density at radius 1 is 1.38 bits per heavy atom. The molecular weight excluding hydrogens is 166 g/mol. The Bertz CT molecular complexity index is 292. The molecule has 1 aromatic carbocycles. The average molecular weight is 179 g/mol. The monoisotopic (exact) mass is 179 g/mol. The molecule has 0 heterocycles. The smallest absolute Gasteiger partial charge is 0.151 e. The highest BCUT2D eigenvalue weighted by Crippen LogP contribution is 2.16. The molecule has 0 amide bonds. The lowest BCUT2D eigenvalue weighted by molar-refractivity contribution is -0.119. The largest absolute Gasteiger partial charge is 0.508 e. The number of Topliss-reactive ketones (excluding diaryl/α,β-unsaturated/α-hetero) is 1. The standard InChI is InChI=1S/C10H13NO2/c1-7(12)10(11-2)8-3-5-9(13)6-4-8/h3-6,10-11,13H,1-2H3. The molecule has 0 aliphatic carbocycles. The number of ketones is 1. The predicted octanol–water partition coefficient (Wildman–Crippen LogP) is 1.24.